The number of aliphatic hydroxyl groups is 1. The van der Waals surface area contributed by atoms with E-state index in [0.717, 1.165) is 6.54 Å². The van der Waals surface area contributed by atoms with Crippen LogP contribution in [0.2, 0.25) is 0 Å². The second kappa shape index (κ2) is 2.68. The van der Waals surface area contributed by atoms with Gasteiger partial charge in [0.2, 0.25) is 0 Å². The number of nitrogens with zero attached hydrogens (tertiary/aromatic N) is 1. The van der Waals surface area contributed by atoms with E-state index in [1.165, 1.54) is 0 Å². The summed E-state index contributed by atoms with van der Waals surface area (Å²) < 4.78 is 22.7. The largest absolute Gasteiger partial charge is 0.392 e. The van der Waals surface area contributed by atoms with Crippen molar-refractivity contribution in [1.29, 1.82) is 0 Å². The lowest BCUT2D eigenvalue weighted by molar-refractivity contribution is 0.0932. The molecule has 1 N–H and O–H groups in total. The van der Waals surface area contributed by atoms with Crippen LogP contribution in [-0.4, -0.2) is 54.7 Å². The summed E-state index contributed by atoms with van der Waals surface area (Å²) in [5.41, 5.74) is 0. The Labute approximate surface area is 78.5 Å². The molecule has 0 bridgehead atoms. The molecule has 2 aliphatic rings. The molecule has 76 valence electrons. The van der Waals surface area contributed by atoms with E-state index in [2.05, 4.69) is 4.90 Å². The van der Waals surface area contributed by atoms with Gasteiger partial charge in [-0.25, -0.2) is 8.42 Å². The summed E-state index contributed by atoms with van der Waals surface area (Å²) in [5.74, 6) is -0.0371. The maximum atomic E-state index is 11.7. The van der Waals surface area contributed by atoms with Crippen molar-refractivity contribution in [1.82, 2.24) is 4.90 Å². The highest BCUT2D eigenvalue weighted by Gasteiger charge is 2.58. The van der Waals surface area contributed by atoms with Crippen molar-refractivity contribution in [3.8, 4) is 0 Å². The molecule has 1 spiro atoms. The average Bonchev–Trinajstić information content (AvgIpc) is 2.16. The maximum absolute atomic E-state index is 11.7. The molecular formula is C8H15NO3S. The van der Waals surface area contributed by atoms with Crippen molar-refractivity contribution in [2.75, 3.05) is 25.4 Å². The van der Waals surface area contributed by atoms with E-state index in [1.807, 2.05) is 6.92 Å². The normalized spacial score (nSPS) is 36.3. The van der Waals surface area contributed by atoms with Crippen molar-refractivity contribution in [2.24, 2.45) is 0 Å². The fourth-order valence-corrected chi connectivity index (χ4v) is 4.55. The SMILES string of the molecule is CCN1CC2(CC(O)CS2(=O)=O)C1. The van der Waals surface area contributed by atoms with Gasteiger partial charge in [-0.15, -0.1) is 0 Å². The van der Waals surface area contributed by atoms with Crippen molar-refractivity contribution < 1.29 is 13.5 Å². The number of hydrogen-bond acceptors (Lipinski definition) is 4. The first-order valence-electron chi connectivity index (χ1n) is 4.62. The monoisotopic (exact) mass is 205 g/mol. The topological polar surface area (TPSA) is 57.6 Å². The van der Waals surface area contributed by atoms with Gasteiger partial charge < -0.3 is 10.0 Å². The molecule has 5 heteroatoms. The van der Waals surface area contributed by atoms with E-state index in [4.69, 9.17) is 0 Å². The lowest BCUT2D eigenvalue weighted by Crippen LogP contribution is -2.63. The predicted molar refractivity (Wildman–Crippen MR) is 49.3 cm³/mol. The molecule has 1 atom stereocenters. The Morgan fingerprint density at radius 3 is 2.54 bits per heavy atom. The van der Waals surface area contributed by atoms with Crippen LogP contribution in [0.3, 0.4) is 0 Å². The zero-order chi connectivity index (χ0) is 9.69. The molecule has 0 amide bonds. The minimum Gasteiger partial charge on any atom is -0.392 e. The van der Waals surface area contributed by atoms with Gasteiger partial charge in [-0.1, -0.05) is 6.92 Å². The van der Waals surface area contributed by atoms with E-state index in [-0.39, 0.29) is 5.75 Å². The Bertz CT molecular complexity index is 305. The minimum atomic E-state index is -3.03. The molecule has 2 rings (SSSR count). The Morgan fingerprint density at radius 2 is 2.15 bits per heavy atom. The van der Waals surface area contributed by atoms with Gasteiger partial charge in [-0.2, -0.15) is 0 Å². The fourth-order valence-electron chi connectivity index (χ4n) is 2.36. The van der Waals surface area contributed by atoms with Crippen LogP contribution >= 0.6 is 0 Å². The minimum absolute atomic E-state index is 0.0371. The van der Waals surface area contributed by atoms with Crippen molar-refractivity contribution in [3.05, 3.63) is 0 Å². The zero-order valence-corrected chi connectivity index (χ0v) is 8.55. The van der Waals surface area contributed by atoms with Crippen molar-refractivity contribution >= 4 is 9.84 Å². The molecule has 2 aliphatic heterocycles. The Kier molecular flexibility index (Phi) is 1.94. The Balaban J connectivity index is 2.18. The lowest BCUT2D eigenvalue weighted by atomic mass is 9.93. The summed E-state index contributed by atoms with van der Waals surface area (Å²) in [6.07, 6.45) is -0.199. The van der Waals surface area contributed by atoms with E-state index in [0.29, 0.717) is 19.5 Å². The van der Waals surface area contributed by atoms with E-state index in [1.54, 1.807) is 0 Å². The smallest absolute Gasteiger partial charge is 0.161 e. The molecule has 0 aromatic carbocycles. The first-order valence-corrected chi connectivity index (χ1v) is 6.27. The number of hydrogen-bond donors (Lipinski definition) is 1. The maximum Gasteiger partial charge on any atom is 0.161 e. The second-order valence-corrected chi connectivity index (χ2v) is 6.55. The fraction of sp³-hybridized carbons (Fsp3) is 1.00. The number of sulfone groups is 1. The standard InChI is InChI=1S/C8H15NO3S/c1-2-9-5-8(6-9)3-7(10)4-13(8,11)12/h7,10H,2-6H2,1H3. The highest BCUT2D eigenvalue weighted by molar-refractivity contribution is 7.93. The van der Waals surface area contributed by atoms with Gasteiger partial charge in [0.15, 0.2) is 9.84 Å². The molecule has 0 radical (unpaired) electrons. The molecule has 1 unspecified atom stereocenters. The summed E-state index contributed by atoms with van der Waals surface area (Å²) in [7, 11) is -3.03. The number of aliphatic hydroxyl groups excluding tert-OH is 1. The highest BCUT2D eigenvalue weighted by Crippen LogP contribution is 2.39. The van der Waals surface area contributed by atoms with E-state index < -0.39 is 20.7 Å². The Morgan fingerprint density at radius 1 is 1.54 bits per heavy atom. The first-order chi connectivity index (χ1) is 5.99. The van der Waals surface area contributed by atoms with Crippen LogP contribution in [0.1, 0.15) is 13.3 Å². The molecular weight excluding hydrogens is 190 g/mol. The Hall–Kier alpha value is -0.130. The van der Waals surface area contributed by atoms with Gasteiger partial charge in [0, 0.05) is 13.1 Å². The van der Waals surface area contributed by atoms with Crippen LogP contribution in [0, 0.1) is 0 Å². The molecule has 0 saturated carbocycles. The molecule has 4 nitrogen and oxygen atoms in total. The first kappa shape index (κ1) is 9.43. The van der Waals surface area contributed by atoms with Crippen LogP contribution in [0.15, 0.2) is 0 Å². The molecule has 13 heavy (non-hydrogen) atoms. The highest BCUT2D eigenvalue weighted by atomic mass is 32.2. The molecule has 0 aromatic rings. The van der Waals surface area contributed by atoms with Gasteiger partial charge in [-0.3, -0.25) is 0 Å². The van der Waals surface area contributed by atoms with Gasteiger partial charge in [-0.05, 0) is 13.0 Å². The van der Waals surface area contributed by atoms with Crippen LogP contribution in [0.25, 0.3) is 0 Å². The molecule has 2 fully saturated rings. The van der Waals surface area contributed by atoms with Crippen molar-refractivity contribution in [2.45, 2.75) is 24.2 Å². The van der Waals surface area contributed by atoms with Crippen LogP contribution in [-0.2, 0) is 9.84 Å². The summed E-state index contributed by atoms with van der Waals surface area (Å²) in [6, 6.07) is 0. The van der Waals surface area contributed by atoms with Crippen LogP contribution in [0.4, 0.5) is 0 Å². The van der Waals surface area contributed by atoms with E-state index >= 15 is 0 Å². The molecule has 0 aromatic heterocycles. The van der Waals surface area contributed by atoms with Crippen LogP contribution < -0.4 is 0 Å². The third kappa shape index (κ3) is 1.21. The molecule has 2 saturated heterocycles. The quantitative estimate of drug-likeness (QED) is 0.611. The summed E-state index contributed by atoms with van der Waals surface area (Å²) in [5, 5.41) is 9.33. The third-order valence-electron chi connectivity index (χ3n) is 3.15. The molecule has 0 aliphatic carbocycles. The van der Waals surface area contributed by atoms with Gasteiger partial charge in [0.25, 0.3) is 0 Å². The summed E-state index contributed by atoms with van der Waals surface area (Å²) in [4.78, 5) is 2.09. The van der Waals surface area contributed by atoms with E-state index in [9.17, 15) is 13.5 Å². The van der Waals surface area contributed by atoms with Gasteiger partial charge in [0.1, 0.15) is 4.75 Å². The van der Waals surface area contributed by atoms with Gasteiger partial charge >= 0.3 is 0 Å². The number of rotatable bonds is 1. The van der Waals surface area contributed by atoms with Crippen molar-refractivity contribution in [3.63, 3.8) is 0 Å². The zero-order valence-electron chi connectivity index (χ0n) is 7.73. The summed E-state index contributed by atoms with van der Waals surface area (Å²) >= 11 is 0. The lowest BCUT2D eigenvalue weighted by Gasteiger charge is -2.46. The van der Waals surface area contributed by atoms with Gasteiger partial charge in [0.05, 0.1) is 11.9 Å². The van der Waals surface area contributed by atoms with Crippen LogP contribution in [0.5, 0.6) is 0 Å². The second-order valence-electron chi connectivity index (χ2n) is 4.13. The molecule has 2 heterocycles. The third-order valence-corrected chi connectivity index (χ3v) is 5.72. The average molecular weight is 205 g/mol. The summed E-state index contributed by atoms with van der Waals surface area (Å²) in [6.45, 7) is 4.14. The predicted octanol–water partition coefficient (Wildman–Crippen LogP) is -0.760. The number of likely N-dealkylation sites (tertiary alicyclic amines) is 1.